The van der Waals surface area contributed by atoms with Crippen LogP contribution in [-0.2, 0) is 0 Å². The van der Waals surface area contributed by atoms with Crippen molar-refractivity contribution in [2.75, 3.05) is 11.1 Å². The Morgan fingerprint density at radius 3 is 2.90 bits per heavy atom. The highest BCUT2D eigenvalue weighted by Gasteiger charge is 2.08. The van der Waals surface area contributed by atoms with Crippen molar-refractivity contribution in [2.24, 2.45) is 0 Å². The van der Waals surface area contributed by atoms with Gasteiger partial charge in [-0.25, -0.2) is 4.98 Å². The molecule has 0 saturated carbocycles. The fraction of sp³-hybridized carbons (Fsp3) is 0.231. The number of anilines is 3. The number of benzene rings is 1. The molecule has 0 radical (unpaired) electrons. The highest BCUT2D eigenvalue weighted by molar-refractivity contribution is 7.16. The van der Waals surface area contributed by atoms with E-state index in [0.29, 0.717) is 5.95 Å². The number of fused-ring (bicyclic) bond motifs is 1. The normalized spacial score (nSPS) is 11.0. The van der Waals surface area contributed by atoms with Gasteiger partial charge in [-0.15, -0.1) is 11.3 Å². The zero-order valence-corrected chi connectivity index (χ0v) is 12.4. The second-order valence-electron chi connectivity index (χ2n) is 4.63. The molecule has 2 heterocycles. The predicted octanol–water partition coefficient (Wildman–Crippen LogP) is 2.59. The first-order valence-electron chi connectivity index (χ1n) is 6.38. The van der Waals surface area contributed by atoms with E-state index in [-0.39, 0.29) is 18.1 Å². The molecule has 0 atom stereocenters. The Bertz CT molecular complexity index is 772. The van der Waals surface area contributed by atoms with Crippen molar-refractivity contribution < 1.29 is 4.74 Å². The molecule has 2 aromatic heterocycles. The summed E-state index contributed by atoms with van der Waals surface area (Å²) in [5.74, 6) is 0.462. The van der Waals surface area contributed by atoms with Gasteiger partial charge in [0.15, 0.2) is 0 Å². The summed E-state index contributed by atoms with van der Waals surface area (Å²) in [6.45, 7) is 3.79. The molecule has 0 amide bonds. The minimum atomic E-state index is -0.0341. The number of nitrogens with two attached hydrogens (primary N) is 1. The Balaban J connectivity index is 1.87. The molecular formula is C13H14N6OS. The fourth-order valence-corrected chi connectivity index (χ4v) is 2.47. The van der Waals surface area contributed by atoms with E-state index in [2.05, 4.69) is 25.3 Å². The third-order valence-electron chi connectivity index (χ3n) is 2.56. The van der Waals surface area contributed by atoms with Gasteiger partial charge in [0.05, 0.1) is 21.8 Å². The SMILES string of the molecule is CC(C)Oc1nc(N)nc(Nc2ccc3ncsc3c2)n1. The first-order valence-corrected chi connectivity index (χ1v) is 7.26. The molecule has 3 aromatic rings. The third kappa shape index (κ3) is 3.16. The maximum absolute atomic E-state index is 5.67. The Labute approximate surface area is 125 Å². The first kappa shape index (κ1) is 13.5. The Hall–Kier alpha value is -2.48. The van der Waals surface area contributed by atoms with E-state index in [1.54, 1.807) is 11.3 Å². The van der Waals surface area contributed by atoms with Crippen LogP contribution in [-0.4, -0.2) is 26.0 Å². The van der Waals surface area contributed by atoms with Gasteiger partial charge in [0, 0.05) is 5.69 Å². The molecule has 0 fully saturated rings. The van der Waals surface area contributed by atoms with Crippen LogP contribution in [0.25, 0.3) is 10.2 Å². The number of nitrogens with one attached hydrogen (secondary N) is 1. The monoisotopic (exact) mass is 302 g/mol. The number of thiazole rings is 1. The standard InChI is InChI=1S/C13H14N6OS/c1-7(2)20-13-18-11(14)17-12(19-13)16-8-3-4-9-10(5-8)21-6-15-9/h3-7H,1-2H3,(H3,14,16,17,18,19). The average Bonchev–Trinajstić information content (AvgIpc) is 2.84. The molecular weight excluding hydrogens is 288 g/mol. The number of ether oxygens (including phenoxy) is 1. The molecule has 0 aliphatic rings. The van der Waals surface area contributed by atoms with Gasteiger partial charge in [0.2, 0.25) is 11.9 Å². The summed E-state index contributed by atoms with van der Waals surface area (Å²) in [6.07, 6.45) is -0.0341. The quantitative estimate of drug-likeness (QED) is 0.764. The van der Waals surface area contributed by atoms with Crippen LogP contribution in [0.2, 0.25) is 0 Å². The number of nitrogen functional groups attached to an aromatic ring is 1. The molecule has 0 saturated heterocycles. The second kappa shape index (κ2) is 5.49. The topological polar surface area (TPSA) is 98.8 Å². The van der Waals surface area contributed by atoms with Gasteiger partial charge >= 0.3 is 6.01 Å². The van der Waals surface area contributed by atoms with Crippen molar-refractivity contribution in [3.05, 3.63) is 23.7 Å². The number of aromatic nitrogens is 4. The van der Waals surface area contributed by atoms with Crippen LogP contribution < -0.4 is 15.8 Å². The van der Waals surface area contributed by atoms with E-state index in [9.17, 15) is 0 Å². The molecule has 0 spiro atoms. The largest absolute Gasteiger partial charge is 0.461 e. The van der Waals surface area contributed by atoms with Gasteiger partial charge < -0.3 is 15.8 Å². The summed E-state index contributed by atoms with van der Waals surface area (Å²) in [4.78, 5) is 16.4. The van der Waals surface area contributed by atoms with E-state index >= 15 is 0 Å². The zero-order chi connectivity index (χ0) is 14.8. The van der Waals surface area contributed by atoms with Crippen molar-refractivity contribution in [2.45, 2.75) is 20.0 Å². The maximum Gasteiger partial charge on any atom is 0.323 e. The molecule has 0 bridgehead atoms. The lowest BCUT2D eigenvalue weighted by molar-refractivity contribution is 0.222. The van der Waals surface area contributed by atoms with Crippen molar-refractivity contribution in [1.29, 1.82) is 0 Å². The maximum atomic E-state index is 5.67. The van der Waals surface area contributed by atoms with Gasteiger partial charge in [0.25, 0.3) is 0 Å². The smallest absolute Gasteiger partial charge is 0.323 e. The van der Waals surface area contributed by atoms with Crippen LogP contribution in [0.4, 0.5) is 17.6 Å². The van der Waals surface area contributed by atoms with Crippen LogP contribution in [0.5, 0.6) is 6.01 Å². The Morgan fingerprint density at radius 1 is 1.24 bits per heavy atom. The van der Waals surface area contributed by atoms with Gasteiger partial charge in [-0.1, -0.05) is 0 Å². The molecule has 0 unspecified atom stereocenters. The number of hydrogen-bond acceptors (Lipinski definition) is 8. The third-order valence-corrected chi connectivity index (χ3v) is 3.35. The lowest BCUT2D eigenvalue weighted by Crippen LogP contribution is -2.11. The molecule has 3 N–H and O–H groups in total. The van der Waals surface area contributed by atoms with Crippen molar-refractivity contribution in [3.63, 3.8) is 0 Å². The van der Waals surface area contributed by atoms with E-state index in [1.165, 1.54) is 0 Å². The molecule has 21 heavy (non-hydrogen) atoms. The minimum absolute atomic E-state index is 0.0341. The van der Waals surface area contributed by atoms with Gasteiger partial charge in [-0.2, -0.15) is 15.0 Å². The number of rotatable bonds is 4. The summed E-state index contributed by atoms with van der Waals surface area (Å²) < 4.78 is 6.53. The van der Waals surface area contributed by atoms with Crippen LogP contribution in [0.15, 0.2) is 23.7 Å². The van der Waals surface area contributed by atoms with E-state index in [1.807, 2.05) is 37.6 Å². The van der Waals surface area contributed by atoms with Crippen molar-refractivity contribution in [1.82, 2.24) is 19.9 Å². The van der Waals surface area contributed by atoms with Crippen LogP contribution in [0, 0.1) is 0 Å². The van der Waals surface area contributed by atoms with Crippen molar-refractivity contribution >= 4 is 39.1 Å². The van der Waals surface area contributed by atoms with E-state index in [0.717, 1.165) is 15.9 Å². The summed E-state index contributed by atoms with van der Waals surface area (Å²) in [5.41, 5.74) is 9.30. The molecule has 1 aromatic carbocycles. The van der Waals surface area contributed by atoms with Gasteiger partial charge in [0.1, 0.15) is 0 Å². The van der Waals surface area contributed by atoms with Gasteiger partial charge in [-0.05, 0) is 32.0 Å². The second-order valence-corrected chi connectivity index (χ2v) is 5.51. The Kier molecular flexibility index (Phi) is 3.53. The molecule has 8 heteroatoms. The molecule has 3 rings (SSSR count). The molecule has 108 valence electrons. The first-order chi connectivity index (χ1) is 10.1. The minimum Gasteiger partial charge on any atom is -0.461 e. The lowest BCUT2D eigenvalue weighted by Gasteiger charge is -2.10. The average molecular weight is 302 g/mol. The highest BCUT2D eigenvalue weighted by atomic mass is 32.1. The lowest BCUT2D eigenvalue weighted by atomic mass is 10.3. The molecule has 0 aliphatic carbocycles. The van der Waals surface area contributed by atoms with Gasteiger partial charge in [-0.3, -0.25) is 0 Å². The van der Waals surface area contributed by atoms with E-state index in [4.69, 9.17) is 10.5 Å². The predicted molar refractivity (Wildman–Crippen MR) is 82.9 cm³/mol. The van der Waals surface area contributed by atoms with Crippen LogP contribution in [0.3, 0.4) is 0 Å². The highest BCUT2D eigenvalue weighted by Crippen LogP contribution is 2.23. The zero-order valence-electron chi connectivity index (χ0n) is 11.6. The van der Waals surface area contributed by atoms with Crippen LogP contribution >= 0.6 is 11.3 Å². The Morgan fingerprint density at radius 2 is 2.10 bits per heavy atom. The van der Waals surface area contributed by atoms with E-state index < -0.39 is 0 Å². The summed E-state index contributed by atoms with van der Waals surface area (Å²) >= 11 is 1.57. The number of nitrogens with zero attached hydrogens (tertiary/aromatic N) is 4. The van der Waals surface area contributed by atoms with Crippen LogP contribution in [0.1, 0.15) is 13.8 Å². The fourth-order valence-electron chi connectivity index (χ4n) is 1.75. The molecule has 7 nitrogen and oxygen atoms in total. The number of hydrogen-bond donors (Lipinski definition) is 2. The summed E-state index contributed by atoms with van der Waals surface area (Å²) in [6, 6.07) is 6.03. The molecule has 0 aliphatic heterocycles. The van der Waals surface area contributed by atoms with Crippen molar-refractivity contribution in [3.8, 4) is 6.01 Å². The summed E-state index contributed by atoms with van der Waals surface area (Å²) in [7, 11) is 0. The summed E-state index contributed by atoms with van der Waals surface area (Å²) in [5, 5.41) is 3.10.